The van der Waals surface area contributed by atoms with Crippen molar-refractivity contribution in [2.45, 2.75) is 29.4 Å². The number of thioether (sulfide) groups is 1. The Hall–Kier alpha value is -1.53. The Labute approximate surface area is 146 Å². The number of benzene rings is 1. The van der Waals surface area contributed by atoms with Crippen LogP contribution in [-0.4, -0.2) is 48.1 Å². The van der Waals surface area contributed by atoms with Gasteiger partial charge in [0.05, 0.1) is 10.9 Å². The van der Waals surface area contributed by atoms with Crippen molar-refractivity contribution in [1.82, 2.24) is 10.2 Å². The number of para-hydroxylation sites is 1. The zero-order valence-corrected chi connectivity index (χ0v) is 14.5. The third-order valence-electron chi connectivity index (χ3n) is 5.44. The summed E-state index contributed by atoms with van der Waals surface area (Å²) in [5, 5.41) is 6.06. The van der Waals surface area contributed by atoms with Crippen molar-refractivity contribution in [2.75, 3.05) is 31.5 Å². The van der Waals surface area contributed by atoms with Gasteiger partial charge in [0.15, 0.2) is 0 Å². The maximum absolute atomic E-state index is 12.7. The van der Waals surface area contributed by atoms with Crippen LogP contribution >= 0.6 is 11.8 Å². The summed E-state index contributed by atoms with van der Waals surface area (Å²) >= 11 is 1.51. The third-order valence-corrected chi connectivity index (χ3v) is 6.71. The Balaban J connectivity index is 1.38. The quantitative estimate of drug-likeness (QED) is 0.860. The summed E-state index contributed by atoms with van der Waals surface area (Å²) in [7, 11) is 0. The van der Waals surface area contributed by atoms with Crippen molar-refractivity contribution in [3.8, 4) is 0 Å². The van der Waals surface area contributed by atoms with Gasteiger partial charge in [-0.1, -0.05) is 12.1 Å². The molecule has 1 unspecified atom stereocenters. The van der Waals surface area contributed by atoms with Crippen LogP contribution in [0.25, 0.3) is 0 Å². The first-order valence-electron chi connectivity index (χ1n) is 8.76. The molecule has 128 valence electrons. The summed E-state index contributed by atoms with van der Waals surface area (Å²) < 4.78 is 0. The van der Waals surface area contributed by atoms with Crippen molar-refractivity contribution in [3.63, 3.8) is 0 Å². The molecule has 2 N–H and O–H groups in total. The van der Waals surface area contributed by atoms with Crippen LogP contribution in [0.1, 0.15) is 19.3 Å². The van der Waals surface area contributed by atoms with Crippen LogP contribution in [0.15, 0.2) is 29.2 Å². The molecule has 6 heteroatoms. The predicted molar refractivity (Wildman–Crippen MR) is 95.0 cm³/mol. The fourth-order valence-electron chi connectivity index (χ4n) is 3.98. The van der Waals surface area contributed by atoms with Gasteiger partial charge in [0, 0.05) is 24.4 Å². The summed E-state index contributed by atoms with van der Waals surface area (Å²) in [5.74, 6) is 1.49. The molecular weight excluding hydrogens is 322 g/mol. The SMILES string of the molecule is O=C1Nc2ccccc2SC1CC(=O)N1CC[C@@H]2CNC[C@@H]2CC1. The third kappa shape index (κ3) is 3.17. The molecule has 0 aromatic heterocycles. The zero-order valence-electron chi connectivity index (χ0n) is 13.7. The van der Waals surface area contributed by atoms with Gasteiger partial charge in [-0.25, -0.2) is 0 Å². The average Bonchev–Trinajstić information content (AvgIpc) is 2.93. The Morgan fingerprint density at radius 1 is 1.17 bits per heavy atom. The number of rotatable bonds is 2. The Morgan fingerprint density at radius 2 is 1.88 bits per heavy atom. The molecular formula is C18H23N3O2S. The Kier molecular flexibility index (Phi) is 4.50. The van der Waals surface area contributed by atoms with Crippen molar-refractivity contribution in [1.29, 1.82) is 0 Å². The molecule has 24 heavy (non-hydrogen) atoms. The largest absolute Gasteiger partial charge is 0.343 e. The molecule has 3 aliphatic rings. The number of hydrogen-bond acceptors (Lipinski definition) is 4. The molecule has 3 atom stereocenters. The normalized spacial score (nSPS) is 29.4. The fourth-order valence-corrected chi connectivity index (χ4v) is 5.08. The molecule has 2 amide bonds. The molecule has 0 saturated carbocycles. The second-order valence-electron chi connectivity index (χ2n) is 6.93. The molecule has 1 aromatic rings. The van der Waals surface area contributed by atoms with E-state index >= 15 is 0 Å². The molecule has 0 radical (unpaired) electrons. The first-order valence-corrected chi connectivity index (χ1v) is 9.64. The van der Waals surface area contributed by atoms with Crippen molar-refractivity contribution < 1.29 is 9.59 Å². The van der Waals surface area contributed by atoms with Gasteiger partial charge in [0.25, 0.3) is 0 Å². The van der Waals surface area contributed by atoms with E-state index in [2.05, 4.69) is 10.6 Å². The van der Waals surface area contributed by atoms with Gasteiger partial charge in [-0.3, -0.25) is 9.59 Å². The predicted octanol–water partition coefficient (Wildman–Crippen LogP) is 1.95. The molecule has 1 aromatic carbocycles. The van der Waals surface area contributed by atoms with E-state index in [-0.39, 0.29) is 17.1 Å². The van der Waals surface area contributed by atoms with Gasteiger partial charge in [0.1, 0.15) is 0 Å². The highest BCUT2D eigenvalue weighted by Crippen LogP contribution is 2.37. The van der Waals surface area contributed by atoms with Gasteiger partial charge in [-0.15, -0.1) is 11.8 Å². The summed E-state index contributed by atoms with van der Waals surface area (Å²) in [6.07, 6.45) is 2.45. The van der Waals surface area contributed by atoms with Gasteiger partial charge in [-0.05, 0) is 49.9 Å². The number of anilines is 1. The second-order valence-corrected chi connectivity index (χ2v) is 8.18. The van der Waals surface area contributed by atoms with Crippen LogP contribution in [-0.2, 0) is 9.59 Å². The molecule has 2 saturated heterocycles. The van der Waals surface area contributed by atoms with Gasteiger partial charge in [0.2, 0.25) is 11.8 Å². The molecule has 0 bridgehead atoms. The van der Waals surface area contributed by atoms with Crippen molar-refractivity contribution in [2.24, 2.45) is 11.8 Å². The number of carbonyl (C=O) groups excluding carboxylic acids is 2. The van der Waals surface area contributed by atoms with Gasteiger partial charge in [-0.2, -0.15) is 0 Å². The van der Waals surface area contributed by atoms with E-state index in [0.29, 0.717) is 18.3 Å². The highest BCUT2D eigenvalue weighted by Gasteiger charge is 2.34. The van der Waals surface area contributed by atoms with E-state index in [1.807, 2.05) is 29.2 Å². The standard InChI is InChI=1S/C18H23N3O2S/c22-17(21-7-5-12-10-19-11-13(12)6-8-21)9-16-18(23)20-14-3-1-2-4-15(14)24-16/h1-4,12-13,16,19H,5-11H2,(H,20,23)/t12-,13+,16?. The maximum atomic E-state index is 12.7. The Bertz CT molecular complexity index is 637. The second kappa shape index (κ2) is 6.76. The monoisotopic (exact) mass is 345 g/mol. The molecule has 2 fully saturated rings. The molecule has 3 aliphatic heterocycles. The van der Waals surface area contributed by atoms with E-state index in [4.69, 9.17) is 0 Å². The van der Waals surface area contributed by atoms with E-state index in [0.717, 1.165) is 49.6 Å². The Morgan fingerprint density at radius 3 is 2.62 bits per heavy atom. The van der Waals surface area contributed by atoms with Crippen LogP contribution in [0.2, 0.25) is 0 Å². The van der Waals surface area contributed by atoms with E-state index < -0.39 is 0 Å². The number of fused-ring (bicyclic) bond motifs is 2. The van der Waals surface area contributed by atoms with Crippen LogP contribution in [0.4, 0.5) is 5.69 Å². The van der Waals surface area contributed by atoms with Gasteiger partial charge < -0.3 is 15.5 Å². The molecule has 0 spiro atoms. The smallest absolute Gasteiger partial charge is 0.238 e. The van der Waals surface area contributed by atoms with Crippen LogP contribution in [0, 0.1) is 11.8 Å². The lowest BCUT2D eigenvalue weighted by Crippen LogP contribution is -2.38. The number of nitrogens with zero attached hydrogens (tertiary/aromatic N) is 1. The summed E-state index contributed by atoms with van der Waals surface area (Å²) in [6.45, 7) is 3.84. The lowest BCUT2D eigenvalue weighted by Gasteiger charge is -2.27. The minimum Gasteiger partial charge on any atom is -0.343 e. The summed E-state index contributed by atoms with van der Waals surface area (Å²) in [5.41, 5.74) is 0.853. The van der Waals surface area contributed by atoms with E-state index in [9.17, 15) is 9.59 Å². The number of nitrogens with one attached hydrogen (secondary N) is 2. The first-order chi connectivity index (χ1) is 11.7. The molecule has 4 rings (SSSR count). The van der Waals surface area contributed by atoms with Crippen molar-refractivity contribution in [3.05, 3.63) is 24.3 Å². The van der Waals surface area contributed by atoms with Crippen LogP contribution < -0.4 is 10.6 Å². The van der Waals surface area contributed by atoms with Crippen LogP contribution in [0.5, 0.6) is 0 Å². The lowest BCUT2D eigenvalue weighted by atomic mass is 9.92. The molecule has 5 nitrogen and oxygen atoms in total. The van der Waals surface area contributed by atoms with Gasteiger partial charge >= 0.3 is 0 Å². The average molecular weight is 345 g/mol. The number of amides is 2. The molecule has 0 aliphatic carbocycles. The fraction of sp³-hybridized carbons (Fsp3) is 0.556. The topological polar surface area (TPSA) is 61.4 Å². The maximum Gasteiger partial charge on any atom is 0.238 e. The highest BCUT2D eigenvalue weighted by atomic mass is 32.2. The number of likely N-dealkylation sites (tertiary alicyclic amines) is 1. The minimum atomic E-state index is -0.322. The first kappa shape index (κ1) is 16.0. The number of carbonyl (C=O) groups is 2. The molecule has 3 heterocycles. The highest BCUT2D eigenvalue weighted by molar-refractivity contribution is 8.01. The lowest BCUT2D eigenvalue weighted by molar-refractivity contribution is -0.132. The van der Waals surface area contributed by atoms with E-state index in [1.54, 1.807) is 0 Å². The van der Waals surface area contributed by atoms with Crippen LogP contribution in [0.3, 0.4) is 0 Å². The summed E-state index contributed by atoms with van der Waals surface area (Å²) in [4.78, 5) is 28.0. The zero-order chi connectivity index (χ0) is 16.5. The van der Waals surface area contributed by atoms with E-state index in [1.165, 1.54) is 11.8 Å². The minimum absolute atomic E-state index is 0.0528. The number of hydrogen-bond donors (Lipinski definition) is 2. The summed E-state index contributed by atoms with van der Waals surface area (Å²) in [6, 6.07) is 7.77. The van der Waals surface area contributed by atoms with Crippen molar-refractivity contribution >= 4 is 29.3 Å².